The summed E-state index contributed by atoms with van der Waals surface area (Å²) in [5.41, 5.74) is -0.173. The van der Waals surface area contributed by atoms with Gasteiger partial charge in [0.25, 0.3) is 5.69 Å². The number of rotatable bonds is 4. The van der Waals surface area contributed by atoms with Crippen LogP contribution in [0.3, 0.4) is 0 Å². The number of benzene rings is 2. The van der Waals surface area contributed by atoms with Crippen molar-refractivity contribution in [2.24, 2.45) is 0 Å². The van der Waals surface area contributed by atoms with Crippen molar-refractivity contribution in [2.75, 3.05) is 0 Å². The quantitative estimate of drug-likeness (QED) is 0.491. The van der Waals surface area contributed by atoms with Crippen LogP contribution in [0, 0.1) is 22.9 Å². The van der Waals surface area contributed by atoms with E-state index in [9.17, 15) is 19.3 Å². The van der Waals surface area contributed by atoms with E-state index in [0.717, 1.165) is 17.7 Å². The molecule has 2 aromatic carbocycles. The van der Waals surface area contributed by atoms with E-state index in [1.54, 1.807) is 24.3 Å². The van der Waals surface area contributed by atoms with Gasteiger partial charge in [-0.05, 0) is 18.6 Å². The first kappa shape index (κ1) is 14.6. The second-order valence-corrected chi connectivity index (χ2v) is 4.39. The third-order valence-electron chi connectivity index (χ3n) is 2.99. The Morgan fingerprint density at radius 2 is 1.90 bits per heavy atom. The maximum Gasteiger partial charge on any atom is 0.345 e. The minimum absolute atomic E-state index is 0.0349. The molecule has 0 saturated carbocycles. The van der Waals surface area contributed by atoms with Crippen LogP contribution in [-0.2, 0) is 11.3 Å². The normalized spacial score (nSPS) is 10.2. The molecule has 0 aliphatic heterocycles. The number of nitrogens with zero attached hydrogens (tertiary/aromatic N) is 1. The summed E-state index contributed by atoms with van der Waals surface area (Å²) in [7, 11) is 0. The number of halogens is 1. The van der Waals surface area contributed by atoms with Crippen molar-refractivity contribution in [3.05, 3.63) is 75.1 Å². The summed E-state index contributed by atoms with van der Waals surface area (Å²) in [4.78, 5) is 22.2. The molecule has 2 aromatic rings. The third kappa shape index (κ3) is 3.22. The molecule has 0 aliphatic carbocycles. The Kier molecular flexibility index (Phi) is 4.27. The SMILES string of the molecule is Cc1c(F)ccc([N+](=O)[O-])c1C(=O)OCc1ccccc1. The standard InChI is InChI=1S/C15H12FNO4/c1-10-12(16)7-8-13(17(19)20)14(10)15(18)21-9-11-5-3-2-4-6-11/h2-8H,9H2,1H3. The van der Waals surface area contributed by atoms with Gasteiger partial charge >= 0.3 is 5.97 Å². The zero-order valence-electron chi connectivity index (χ0n) is 11.2. The molecule has 21 heavy (non-hydrogen) atoms. The Hall–Kier alpha value is -2.76. The lowest BCUT2D eigenvalue weighted by Gasteiger charge is -2.08. The fourth-order valence-electron chi connectivity index (χ4n) is 1.88. The highest BCUT2D eigenvalue weighted by molar-refractivity contribution is 5.95. The highest BCUT2D eigenvalue weighted by Gasteiger charge is 2.26. The van der Waals surface area contributed by atoms with Gasteiger partial charge in [0.15, 0.2) is 0 Å². The Morgan fingerprint density at radius 1 is 1.24 bits per heavy atom. The number of nitro groups is 1. The molecule has 0 bridgehead atoms. The molecule has 6 heteroatoms. The molecule has 0 spiro atoms. The van der Waals surface area contributed by atoms with Crippen LogP contribution in [0.1, 0.15) is 21.5 Å². The molecule has 0 unspecified atom stereocenters. The second kappa shape index (κ2) is 6.13. The molecule has 0 fully saturated rings. The van der Waals surface area contributed by atoms with Crippen LogP contribution in [0.4, 0.5) is 10.1 Å². The maximum absolute atomic E-state index is 13.5. The van der Waals surface area contributed by atoms with Crippen LogP contribution in [0.25, 0.3) is 0 Å². The Balaban J connectivity index is 2.26. The molecule has 0 atom stereocenters. The first-order valence-electron chi connectivity index (χ1n) is 6.15. The number of carbonyl (C=O) groups excluding carboxylic acids is 1. The van der Waals surface area contributed by atoms with Crippen LogP contribution in [0.15, 0.2) is 42.5 Å². The molecule has 0 radical (unpaired) electrons. The molecule has 108 valence electrons. The van der Waals surface area contributed by atoms with Gasteiger partial charge in [-0.15, -0.1) is 0 Å². The number of hydrogen-bond donors (Lipinski definition) is 0. The minimum atomic E-state index is -0.914. The van der Waals surface area contributed by atoms with E-state index in [-0.39, 0.29) is 17.7 Å². The second-order valence-electron chi connectivity index (χ2n) is 4.39. The van der Waals surface area contributed by atoms with E-state index in [1.807, 2.05) is 6.07 Å². The number of nitro benzene ring substituents is 1. The van der Waals surface area contributed by atoms with E-state index >= 15 is 0 Å². The summed E-state index contributed by atoms with van der Waals surface area (Å²) in [6, 6.07) is 10.8. The lowest BCUT2D eigenvalue weighted by Crippen LogP contribution is -2.11. The summed E-state index contributed by atoms with van der Waals surface area (Å²) >= 11 is 0. The van der Waals surface area contributed by atoms with Gasteiger partial charge in [-0.2, -0.15) is 0 Å². The molecule has 5 nitrogen and oxygen atoms in total. The molecule has 0 amide bonds. The fraction of sp³-hybridized carbons (Fsp3) is 0.133. The van der Waals surface area contributed by atoms with Crippen LogP contribution >= 0.6 is 0 Å². The summed E-state index contributed by atoms with van der Waals surface area (Å²) in [6.07, 6.45) is 0. The zero-order valence-corrected chi connectivity index (χ0v) is 11.2. The van der Waals surface area contributed by atoms with Gasteiger partial charge in [0.05, 0.1) is 4.92 Å². The van der Waals surface area contributed by atoms with Crippen LogP contribution in [0.5, 0.6) is 0 Å². The van der Waals surface area contributed by atoms with Crippen molar-refractivity contribution in [2.45, 2.75) is 13.5 Å². The maximum atomic E-state index is 13.5. The molecule has 0 N–H and O–H groups in total. The van der Waals surface area contributed by atoms with Gasteiger partial charge in [-0.25, -0.2) is 9.18 Å². The summed E-state index contributed by atoms with van der Waals surface area (Å²) in [5.74, 6) is -1.60. The zero-order chi connectivity index (χ0) is 15.4. The monoisotopic (exact) mass is 289 g/mol. The van der Waals surface area contributed by atoms with E-state index in [2.05, 4.69) is 0 Å². The highest BCUT2D eigenvalue weighted by atomic mass is 19.1. The Bertz CT molecular complexity index is 686. The lowest BCUT2D eigenvalue weighted by atomic mass is 10.1. The van der Waals surface area contributed by atoms with E-state index in [1.165, 1.54) is 6.92 Å². The summed E-state index contributed by atoms with van der Waals surface area (Å²) in [5, 5.41) is 10.9. The average molecular weight is 289 g/mol. The minimum Gasteiger partial charge on any atom is -0.457 e. The van der Waals surface area contributed by atoms with Crippen molar-refractivity contribution in [1.82, 2.24) is 0 Å². The smallest absolute Gasteiger partial charge is 0.345 e. The molecular weight excluding hydrogens is 277 g/mol. The lowest BCUT2D eigenvalue weighted by molar-refractivity contribution is -0.385. The van der Waals surface area contributed by atoms with Gasteiger partial charge in [0, 0.05) is 11.6 Å². The number of ether oxygens (including phenoxy) is 1. The van der Waals surface area contributed by atoms with E-state index in [4.69, 9.17) is 4.74 Å². The van der Waals surface area contributed by atoms with Crippen LogP contribution in [0.2, 0.25) is 0 Å². The van der Waals surface area contributed by atoms with E-state index < -0.39 is 22.4 Å². The van der Waals surface area contributed by atoms with Crippen molar-refractivity contribution in [3.63, 3.8) is 0 Å². The van der Waals surface area contributed by atoms with Gasteiger partial charge in [0.2, 0.25) is 0 Å². The summed E-state index contributed by atoms with van der Waals surface area (Å²) < 4.78 is 18.5. The topological polar surface area (TPSA) is 69.4 Å². The number of carbonyl (C=O) groups is 1. The molecule has 0 aromatic heterocycles. The van der Waals surface area contributed by atoms with Crippen LogP contribution < -0.4 is 0 Å². The fourth-order valence-corrected chi connectivity index (χ4v) is 1.88. The third-order valence-corrected chi connectivity index (χ3v) is 2.99. The molecular formula is C15H12FNO4. The van der Waals surface area contributed by atoms with Crippen molar-refractivity contribution < 1.29 is 18.8 Å². The molecule has 0 aliphatic rings. The first-order valence-corrected chi connectivity index (χ1v) is 6.15. The predicted octanol–water partition coefficient (Wildman–Crippen LogP) is 3.40. The van der Waals surface area contributed by atoms with Crippen LogP contribution in [-0.4, -0.2) is 10.9 Å². The average Bonchev–Trinajstić information content (AvgIpc) is 2.48. The predicted molar refractivity (Wildman–Crippen MR) is 73.4 cm³/mol. The largest absolute Gasteiger partial charge is 0.457 e. The Morgan fingerprint density at radius 3 is 2.52 bits per heavy atom. The highest BCUT2D eigenvalue weighted by Crippen LogP contribution is 2.25. The van der Waals surface area contributed by atoms with Crippen molar-refractivity contribution in [3.8, 4) is 0 Å². The number of hydrogen-bond acceptors (Lipinski definition) is 4. The van der Waals surface area contributed by atoms with Gasteiger partial charge in [-0.1, -0.05) is 30.3 Å². The van der Waals surface area contributed by atoms with Gasteiger partial charge in [-0.3, -0.25) is 10.1 Å². The Labute approximate surface area is 120 Å². The van der Waals surface area contributed by atoms with E-state index in [0.29, 0.717) is 0 Å². The number of esters is 1. The molecule has 0 saturated heterocycles. The summed E-state index contributed by atoms with van der Waals surface area (Å²) in [6.45, 7) is 1.27. The van der Waals surface area contributed by atoms with Crippen molar-refractivity contribution >= 4 is 11.7 Å². The van der Waals surface area contributed by atoms with Crippen molar-refractivity contribution in [1.29, 1.82) is 0 Å². The first-order chi connectivity index (χ1) is 10.0. The molecule has 0 heterocycles. The van der Waals surface area contributed by atoms with Gasteiger partial charge in [0.1, 0.15) is 18.0 Å². The van der Waals surface area contributed by atoms with Gasteiger partial charge < -0.3 is 4.74 Å². The molecule has 2 rings (SSSR count).